The van der Waals surface area contributed by atoms with Crippen molar-refractivity contribution in [1.82, 2.24) is 14.5 Å². The van der Waals surface area contributed by atoms with E-state index >= 15 is 0 Å². The molecule has 200 valence electrons. The van der Waals surface area contributed by atoms with Crippen molar-refractivity contribution in [3.8, 4) is 16.9 Å². The molecule has 0 saturated heterocycles. The lowest BCUT2D eigenvalue weighted by molar-refractivity contribution is 0.662. The Kier molecular flexibility index (Phi) is 4.39. The Hall–Kier alpha value is -5.94. The molecule has 6 aromatic carbocycles. The number of nitrogens with zero attached hydrogens (tertiary/aromatic N) is 4. The Labute approximate surface area is 245 Å². The third kappa shape index (κ3) is 3.00. The smallest absolute Gasteiger partial charge is 0.237 e. The number of anilines is 3. The lowest BCUT2D eigenvalue weighted by Gasteiger charge is -2.32. The van der Waals surface area contributed by atoms with E-state index in [-0.39, 0.29) is 0 Å². The van der Waals surface area contributed by atoms with E-state index < -0.39 is 0 Å². The number of benzene rings is 6. The fourth-order valence-electron chi connectivity index (χ4n) is 6.94. The summed E-state index contributed by atoms with van der Waals surface area (Å²) in [5.41, 5.74) is 8.88. The Morgan fingerprint density at radius 2 is 1.14 bits per heavy atom. The highest BCUT2D eigenvalue weighted by Gasteiger charge is 2.29. The van der Waals surface area contributed by atoms with Crippen molar-refractivity contribution < 1.29 is 4.42 Å². The van der Waals surface area contributed by atoms with E-state index in [2.05, 4.69) is 125 Å². The monoisotopic (exact) mass is 550 g/mol. The Morgan fingerprint density at radius 1 is 0.512 bits per heavy atom. The topological polar surface area (TPSA) is 47.1 Å². The Morgan fingerprint density at radius 3 is 1.95 bits per heavy atom. The summed E-state index contributed by atoms with van der Waals surface area (Å²) >= 11 is 0. The van der Waals surface area contributed by atoms with Gasteiger partial charge in [0.1, 0.15) is 11.1 Å². The Bertz CT molecular complexity index is 2530. The molecule has 0 atom stereocenters. The van der Waals surface area contributed by atoms with Gasteiger partial charge in [-0.05, 0) is 47.3 Å². The highest BCUT2D eigenvalue weighted by molar-refractivity contribution is 6.15. The summed E-state index contributed by atoms with van der Waals surface area (Å²) in [5.74, 6) is 1.32. The van der Waals surface area contributed by atoms with Crippen molar-refractivity contribution in [2.45, 2.75) is 0 Å². The molecule has 9 aromatic rings. The average Bonchev–Trinajstić information content (AvgIpc) is 3.61. The normalized spacial score (nSPS) is 12.6. The summed E-state index contributed by atoms with van der Waals surface area (Å²) in [5, 5.41) is 5.69. The number of furan rings is 1. The molecule has 0 saturated carbocycles. The minimum Gasteiger partial charge on any atom is -0.450 e. The van der Waals surface area contributed by atoms with E-state index in [0.29, 0.717) is 11.5 Å². The number of rotatable bonds is 2. The number of hydrogen-bond acceptors (Lipinski definition) is 4. The first kappa shape index (κ1) is 22.7. The summed E-state index contributed by atoms with van der Waals surface area (Å²) in [6, 6.07) is 46.6. The SMILES string of the molecule is c1ccc2c(c1)-c1cccc3cccc(c13)N2c1nc(-n2c3ccccc3c3ccccc32)c2oc3ccccc3c2n1. The van der Waals surface area contributed by atoms with E-state index in [9.17, 15) is 0 Å². The van der Waals surface area contributed by atoms with Crippen LogP contribution in [0.2, 0.25) is 0 Å². The molecule has 1 aliphatic heterocycles. The molecule has 5 heteroatoms. The standard InChI is InChI=1S/C38H22N4O/c1-5-18-29-24(13-1)25-14-2-6-19-30(25)41(29)37-36-35(28-16-4-8-22-33(28)43-36)39-38(40-37)42-31-20-7-3-15-26(31)27-17-9-11-23-12-10-21-32(42)34(23)27/h1-22H. The van der Waals surface area contributed by atoms with Crippen LogP contribution in [0.25, 0.3) is 71.6 Å². The van der Waals surface area contributed by atoms with Crippen LogP contribution in [0.15, 0.2) is 138 Å². The highest BCUT2D eigenvalue weighted by Crippen LogP contribution is 2.50. The van der Waals surface area contributed by atoms with E-state index in [1.807, 2.05) is 18.2 Å². The predicted octanol–water partition coefficient (Wildman–Crippen LogP) is 10.1. The number of fused-ring (bicyclic) bond motifs is 8. The summed E-state index contributed by atoms with van der Waals surface area (Å²) < 4.78 is 8.79. The van der Waals surface area contributed by atoms with Crippen molar-refractivity contribution in [2.24, 2.45) is 0 Å². The summed E-state index contributed by atoms with van der Waals surface area (Å²) in [7, 11) is 0. The molecule has 0 amide bonds. The van der Waals surface area contributed by atoms with Crippen molar-refractivity contribution >= 4 is 72.0 Å². The maximum absolute atomic E-state index is 6.57. The van der Waals surface area contributed by atoms with Gasteiger partial charge in [0.2, 0.25) is 5.95 Å². The second-order valence-corrected chi connectivity index (χ2v) is 11.0. The minimum atomic E-state index is 0.602. The third-order valence-electron chi connectivity index (χ3n) is 8.74. The third-order valence-corrected chi connectivity index (χ3v) is 8.74. The van der Waals surface area contributed by atoms with Crippen LogP contribution in [-0.2, 0) is 0 Å². The van der Waals surface area contributed by atoms with Crippen molar-refractivity contribution in [2.75, 3.05) is 4.90 Å². The number of para-hydroxylation sites is 4. The summed E-state index contributed by atoms with van der Waals surface area (Å²) in [4.78, 5) is 12.9. The van der Waals surface area contributed by atoms with Crippen molar-refractivity contribution in [3.63, 3.8) is 0 Å². The molecule has 0 spiro atoms. The van der Waals surface area contributed by atoms with Crippen LogP contribution < -0.4 is 4.90 Å². The van der Waals surface area contributed by atoms with Crippen LogP contribution in [0, 0.1) is 0 Å². The van der Waals surface area contributed by atoms with Gasteiger partial charge in [0.15, 0.2) is 11.4 Å². The molecule has 0 fully saturated rings. The summed E-state index contributed by atoms with van der Waals surface area (Å²) in [6.45, 7) is 0. The largest absolute Gasteiger partial charge is 0.450 e. The number of hydrogen-bond donors (Lipinski definition) is 0. The fourth-order valence-corrected chi connectivity index (χ4v) is 6.94. The van der Waals surface area contributed by atoms with Crippen LogP contribution in [-0.4, -0.2) is 14.5 Å². The first-order chi connectivity index (χ1) is 21.3. The molecule has 5 nitrogen and oxygen atoms in total. The zero-order chi connectivity index (χ0) is 28.1. The van der Waals surface area contributed by atoms with Gasteiger partial charge in [-0.3, -0.25) is 9.47 Å². The predicted molar refractivity (Wildman–Crippen MR) is 175 cm³/mol. The molecule has 1 aliphatic rings. The zero-order valence-electron chi connectivity index (χ0n) is 22.9. The van der Waals surface area contributed by atoms with Gasteiger partial charge in [0.05, 0.1) is 22.4 Å². The van der Waals surface area contributed by atoms with E-state index in [0.717, 1.165) is 50.3 Å². The van der Waals surface area contributed by atoms with Gasteiger partial charge in [0.25, 0.3) is 0 Å². The molecule has 0 aliphatic carbocycles. The Balaban J connectivity index is 1.38. The second-order valence-electron chi connectivity index (χ2n) is 11.0. The number of aromatic nitrogens is 3. The van der Waals surface area contributed by atoms with E-state index in [1.54, 1.807) is 0 Å². The van der Waals surface area contributed by atoms with E-state index in [1.165, 1.54) is 27.1 Å². The van der Waals surface area contributed by atoms with Crippen LogP contribution >= 0.6 is 0 Å². The molecule has 0 unspecified atom stereocenters. The molecule has 4 heterocycles. The van der Waals surface area contributed by atoms with Gasteiger partial charge in [0, 0.05) is 27.1 Å². The maximum atomic E-state index is 6.57. The lowest BCUT2D eigenvalue weighted by atomic mass is 9.91. The van der Waals surface area contributed by atoms with Crippen LogP contribution in [0.4, 0.5) is 17.3 Å². The van der Waals surface area contributed by atoms with Gasteiger partial charge in [-0.1, -0.05) is 97.1 Å². The fraction of sp³-hybridized carbons (Fsp3) is 0. The molecule has 0 bridgehead atoms. The van der Waals surface area contributed by atoms with Gasteiger partial charge in [-0.15, -0.1) is 0 Å². The van der Waals surface area contributed by atoms with Crippen LogP contribution in [0.3, 0.4) is 0 Å². The van der Waals surface area contributed by atoms with Crippen LogP contribution in [0.1, 0.15) is 0 Å². The zero-order valence-corrected chi connectivity index (χ0v) is 22.9. The van der Waals surface area contributed by atoms with Gasteiger partial charge in [-0.25, -0.2) is 4.98 Å². The van der Waals surface area contributed by atoms with Crippen molar-refractivity contribution in [3.05, 3.63) is 133 Å². The molecule has 3 aromatic heterocycles. The van der Waals surface area contributed by atoms with Crippen LogP contribution in [0.5, 0.6) is 0 Å². The first-order valence-electron chi connectivity index (χ1n) is 14.4. The quantitative estimate of drug-likeness (QED) is 0.215. The molecular weight excluding hydrogens is 528 g/mol. The maximum Gasteiger partial charge on any atom is 0.237 e. The second kappa shape index (κ2) is 8.30. The van der Waals surface area contributed by atoms with Gasteiger partial charge in [-0.2, -0.15) is 4.98 Å². The lowest BCUT2D eigenvalue weighted by Crippen LogP contribution is -2.18. The highest BCUT2D eigenvalue weighted by atomic mass is 16.3. The molecule has 0 radical (unpaired) electrons. The molecule has 10 rings (SSSR count). The first-order valence-corrected chi connectivity index (χ1v) is 14.4. The molecular formula is C38H22N4O. The van der Waals surface area contributed by atoms with Crippen molar-refractivity contribution in [1.29, 1.82) is 0 Å². The van der Waals surface area contributed by atoms with E-state index in [4.69, 9.17) is 14.4 Å². The van der Waals surface area contributed by atoms with Gasteiger partial charge < -0.3 is 4.42 Å². The van der Waals surface area contributed by atoms with Gasteiger partial charge >= 0.3 is 0 Å². The molecule has 43 heavy (non-hydrogen) atoms. The average molecular weight is 551 g/mol. The molecule has 0 N–H and O–H groups in total. The minimum absolute atomic E-state index is 0.602. The summed E-state index contributed by atoms with van der Waals surface area (Å²) in [6.07, 6.45) is 0.